The van der Waals surface area contributed by atoms with E-state index in [4.69, 9.17) is 0 Å². The van der Waals surface area contributed by atoms with E-state index in [0.29, 0.717) is 12.0 Å². The van der Waals surface area contributed by atoms with Crippen LogP contribution in [0.2, 0.25) is 0 Å². The standard InChI is InChI=1S/C24H29N3O2/c1-18(19-10-12-21(13-11-19)26-14-3-2-4-15-26)25-24(29)20-7-5-8-22(17-20)27-16-6-9-23(27)28/h5,7-8,10-13,17-18H,2-4,6,9,14-16H2,1H3,(H,25,29). The second kappa shape index (κ2) is 8.68. The lowest BCUT2D eigenvalue weighted by atomic mass is 10.1. The topological polar surface area (TPSA) is 52.7 Å². The van der Waals surface area contributed by atoms with Gasteiger partial charge in [0.2, 0.25) is 5.91 Å². The zero-order valence-corrected chi connectivity index (χ0v) is 17.1. The van der Waals surface area contributed by atoms with E-state index >= 15 is 0 Å². The van der Waals surface area contributed by atoms with Gasteiger partial charge in [0.05, 0.1) is 6.04 Å². The Labute approximate surface area is 172 Å². The van der Waals surface area contributed by atoms with Crippen LogP contribution in [-0.4, -0.2) is 31.4 Å². The molecule has 2 amide bonds. The molecule has 0 saturated carbocycles. The summed E-state index contributed by atoms with van der Waals surface area (Å²) >= 11 is 0. The molecule has 2 aromatic rings. The van der Waals surface area contributed by atoms with Crippen LogP contribution in [0, 0.1) is 0 Å². The maximum Gasteiger partial charge on any atom is 0.251 e. The van der Waals surface area contributed by atoms with Crippen LogP contribution in [0.3, 0.4) is 0 Å². The van der Waals surface area contributed by atoms with Crippen molar-refractivity contribution in [3.8, 4) is 0 Å². The Morgan fingerprint density at radius 1 is 0.931 bits per heavy atom. The predicted molar refractivity (Wildman–Crippen MR) is 116 cm³/mol. The van der Waals surface area contributed by atoms with Gasteiger partial charge in [-0.05, 0) is 68.5 Å². The largest absolute Gasteiger partial charge is 0.372 e. The van der Waals surface area contributed by atoms with Crippen LogP contribution in [0.1, 0.15) is 61.0 Å². The van der Waals surface area contributed by atoms with Crippen LogP contribution < -0.4 is 15.1 Å². The zero-order valence-electron chi connectivity index (χ0n) is 17.1. The second-order valence-electron chi connectivity index (χ2n) is 8.03. The van der Waals surface area contributed by atoms with Crippen LogP contribution in [0.15, 0.2) is 48.5 Å². The molecule has 2 heterocycles. The van der Waals surface area contributed by atoms with Gasteiger partial charge in [0.25, 0.3) is 5.91 Å². The molecular weight excluding hydrogens is 362 g/mol. The number of piperidine rings is 1. The fourth-order valence-corrected chi connectivity index (χ4v) is 4.23. The number of carbonyl (C=O) groups is 2. The number of nitrogens with one attached hydrogen (secondary N) is 1. The Morgan fingerprint density at radius 3 is 2.38 bits per heavy atom. The molecule has 152 valence electrons. The molecule has 29 heavy (non-hydrogen) atoms. The SMILES string of the molecule is CC(NC(=O)c1cccc(N2CCCC2=O)c1)c1ccc(N2CCCCC2)cc1. The minimum Gasteiger partial charge on any atom is -0.372 e. The summed E-state index contributed by atoms with van der Waals surface area (Å²) in [7, 11) is 0. The number of carbonyl (C=O) groups excluding carboxylic acids is 2. The van der Waals surface area contributed by atoms with Gasteiger partial charge in [-0.1, -0.05) is 18.2 Å². The van der Waals surface area contributed by atoms with Gasteiger partial charge >= 0.3 is 0 Å². The summed E-state index contributed by atoms with van der Waals surface area (Å²) in [5.41, 5.74) is 3.73. The van der Waals surface area contributed by atoms with Crippen molar-refractivity contribution in [3.63, 3.8) is 0 Å². The molecule has 1 atom stereocenters. The van der Waals surface area contributed by atoms with Crippen molar-refractivity contribution in [2.75, 3.05) is 29.4 Å². The van der Waals surface area contributed by atoms with E-state index in [1.165, 1.54) is 24.9 Å². The molecule has 2 fully saturated rings. The van der Waals surface area contributed by atoms with Crippen LogP contribution in [0.5, 0.6) is 0 Å². The molecule has 0 radical (unpaired) electrons. The number of amides is 2. The monoisotopic (exact) mass is 391 g/mol. The van der Waals surface area contributed by atoms with Crippen molar-refractivity contribution in [2.45, 2.75) is 45.1 Å². The number of benzene rings is 2. The van der Waals surface area contributed by atoms with E-state index in [1.54, 1.807) is 11.0 Å². The van der Waals surface area contributed by atoms with Crippen molar-refractivity contribution in [1.82, 2.24) is 5.32 Å². The van der Waals surface area contributed by atoms with E-state index in [-0.39, 0.29) is 17.9 Å². The quantitative estimate of drug-likeness (QED) is 0.827. The lowest BCUT2D eigenvalue weighted by molar-refractivity contribution is -0.117. The van der Waals surface area contributed by atoms with E-state index in [1.807, 2.05) is 25.1 Å². The van der Waals surface area contributed by atoms with Crippen LogP contribution in [0.25, 0.3) is 0 Å². The summed E-state index contributed by atoms with van der Waals surface area (Å²) in [4.78, 5) is 28.9. The van der Waals surface area contributed by atoms with Gasteiger partial charge in [0.15, 0.2) is 0 Å². The Morgan fingerprint density at radius 2 is 1.69 bits per heavy atom. The van der Waals surface area contributed by atoms with Gasteiger partial charge < -0.3 is 15.1 Å². The highest BCUT2D eigenvalue weighted by atomic mass is 16.2. The lowest BCUT2D eigenvalue weighted by Crippen LogP contribution is -2.29. The summed E-state index contributed by atoms with van der Waals surface area (Å²) in [6.07, 6.45) is 5.30. The van der Waals surface area contributed by atoms with E-state index in [0.717, 1.165) is 37.3 Å². The molecule has 0 aromatic heterocycles. The van der Waals surface area contributed by atoms with Crippen molar-refractivity contribution < 1.29 is 9.59 Å². The molecular formula is C24H29N3O2. The highest BCUT2D eigenvalue weighted by Gasteiger charge is 2.22. The predicted octanol–water partition coefficient (Wildman–Crippen LogP) is 4.29. The van der Waals surface area contributed by atoms with Crippen LogP contribution in [0.4, 0.5) is 11.4 Å². The highest BCUT2D eigenvalue weighted by Crippen LogP contribution is 2.24. The van der Waals surface area contributed by atoms with Gasteiger partial charge in [0.1, 0.15) is 0 Å². The number of rotatable bonds is 5. The first-order chi connectivity index (χ1) is 14.1. The molecule has 2 aromatic carbocycles. The highest BCUT2D eigenvalue weighted by molar-refractivity contribution is 5.99. The van der Waals surface area contributed by atoms with Gasteiger partial charge in [-0.15, -0.1) is 0 Å². The summed E-state index contributed by atoms with van der Waals surface area (Å²) in [5, 5.41) is 3.08. The summed E-state index contributed by atoms with van der Waals surface area (Å²) in [5.74, 6) is 0.0100. The second-order valence-corrected chi connectivity index (χ2v) is 8.03. The van der Waals surface area contributed by atoms with Gasteiger partial charge in [-0.2, -0.15) is 0 Å². The Hall–Kier alpha value is -2.82. The van der Waals surface area contributed by atoms with Crippen molar-refractivity contribution in [3.05, 3.63) is 59.7 Å². The molecule has 5 nitrogen and oxygen atoms in total. The molecule has 0 bridgehead atoms. The number of hydrogen-bond donors (Lipinski definition) is 1. The van der Waals surface area contributed by atoms with Gasteiger partial charge in [-0.3, -0.25) is 9.59 Å². The third kappa shape index (κ3) is 4.44. The average molecular weight is 392 g/mol. The maximum atomic E-state index is 12.8. The van der Waals surface area contributed by atoms with Crippen molar-refractivity contribution in [2.24, 2.45) is 0 Å². The van der Waals surface area contributed by atoms with Crippen molar-refractivity contribution >= 4 is 23.2 Å². The van der Waals surface area contributed by atoms with E-state index < -0.39 is 0 Å². The van der Waals surface area contributed by atoms with Crippen molar-refractivity contribution in [1.29, 1.82) is 0 Å². The number of anilines is 2. The first-order valence-corrected chi connectivity index (χ1v) is 10.7. The molecule has 1 N–H and O–H groups in total. The van der Waals surface area contributed by atoms with Crippen LogP contribution >= 0.6 is 0 Å². The van der Waals surface area contributed by atoms with Gasteiger partial charge in [-0.25, -0.2) is 0 Å². The molecule has 5 heteroatoms. The fourth-order valence-electron chi connectivity index (χ4n) is 4.23. The van der Waals surface area contributed by atoms with E-state index in [9.17, 15) is 9.59 Å². The lowest BCUT2D eigenvalue weighted by Gasteiger charge is -2.29. The maximum absolute atomic E-state index is 12.8. The molecule has 2 aliphatic rings. The zero-order chi connectivity index (χ0) is 20.2. The fraction of sp³-hybridized carbons (Fsp3) is 0.417. The molecule has 0 spiro atoms. The summed E-state index contributed by atoms with van der Waals surface area (Å²) < 4.78 is 0. The Bertz CT molecular complexity index is 872. The first-order valence-electron chi connectivity index (χ1n) is 10.7. The number of hydrogen-bond acceptors (Lipinski definition) is 3. The summed E-state index contributed by atoms with van der Waals surface area (Å²) in [6, 6.07) is 15.8. The minimum absolute atomic E-state index is 0.0880. The molecule has 1 unspecified atom stereocenters. The third-order valence-electron chi connectivity index (χ3n) is 5.96. The Balaban J connectivity index is 1.41. The smallest absolute Gasteiger partial charge is 0.251 e. The van der Waals surface area contributed by atoms with Crippen LogP contribution in [-0.2, 0) is 4.79 Å². The number of nitrogens with zero attached hydrogens (tertiary/aromatic N) is 2. The molecule has 2 saturated heterocycles. The normalized spacial score (nSPS) is 18.0. The minimum atomic E-state index is -0.119. The molecule has 4 rings (SSSR count). The Kier molecular flexibility index (Phi) is 5.84. The molecule has 2 aliphatic heterocycles. The summed E-state index contributed by atoms with van der Waals surface area (Å²) in [6.45, 7) is 4.98. The first kappa shape index (κ1) is 19.5. The molecule has 0 aliphatic carbocycles. The third-order valence-corrected chi connectivity index (χ3v) is 5.96. The van der Waals surface area contributed by atoms with E-state index in [2.05, 4.69) is 34.5 Å². The van der Waals surface area contributed by atoms with Gasteiger partial charge in [0, 0.05) is 43.0 Å². The average Bonchev–Trinajstić information content (AvgIpc) is 3.20.